The van der Waals surface area contributed by atoms with Crippen molar-refractivity contribution < 1.29 is 14.7 Å². The quantitative estimate of drug-likeness (QED) is 0.681. The first-order valence-electron chi connectivity index (χ1n) is 6.05. The van der Waals surface area contributed by atoms with Crippen LogP contribution in [0.3, 0.4) is 0 Å². The molecule has 5 heteroatoms. The highest BCUT2D eigenvalue weighted by Crippen LogP contribution is 2.03. The Morgan fingerprint density at radius 3 is 2.58 bits per heavy atom. The van der Waals surface area contributed by atoms with Crippen LogP contribution in [0.25, 0.3) is 0 Å². The van der Waals surface area contributed by atoms with Crippen molar-refractivity contribution in [3.05, 3.63) is 48.0 Å². The van der Waals surface area contributed by atoms with Gasteiger partial charge in [0.15, 0.2) is 0 Å². The van der Waals surface area contributed by atoms with Gasteiger partial charge in [0.25, 0.3) is 0 Å². The molecule has 0 spiro atoms. The number of rotatable bonds is 6. The zero-order valence-corrected chi connectivity index (χ0v) is 10.8. The molecule has 0 radical (unpaired) electrons. The third-order valence-corrected chi connectivity index (χ3v) is 2.50. The Balaban J connectivity index is 2.54. The molecule has 1 unspecified atom stereocenters. The van der Waals surface area contributed by atoms with E-state index in [9.17, 15) is 9.59 Å². The van der Waals surface area contributed by atoms with Crippen molar-refractivity contribution in [2.75, 3.05) is 6.54 Å². The average molecular weight is 262 g/mol. The third-order valence-electron chi connectivity index (χ3n) is 2.50. The van der Waals surface area contributed by atoms with E-state index in [1.165, 1.54) is 0 Å². The number of benzene rings is 1. The number of carboxylic acids is 1. The molecular weight excluding hydrogens is 244 g/mol. The molecule has 0 fully saturated rings. The Morgan fingerprint density at radius 2 is 2.00 bits per heavy atom. The first-order valence-corrected chi connectivity index (χ1v) is 6.05. The van der Waals surface area contributed by atoms with Crippen LogP contribution in [0.2, 0.25) is 0 Å². The number of urea groups is 1. The van der Waals surface area contributed by atoms with Crippen LogP contribution in [0.1, 0.15) is 12.5 Å². The molecule has 102 valence electrons. The van der Waals surface area contributed by atoms with E-state index in [0.29, 0.717) is 6.54 Å². The predicted octanol–water partition coefficient (Wildman–Crippen LogP) is 1.56. The molecule has 0 heterocycles. The van der Waals surface area contributed by atoms with Crippen molar-refractivity contribution in [2.45, 2.75) is 19.4 Å². The normalized spacial score (nSPS) is 12.1. The molecule has 0 aliphatic rings. The highest BCUT2D eigenvalue weighted by atomic mass is 16.4. The van der Waals surface area contributed by atoms with Crippen LogP contribution in [0.5, 0.6) is 0 Å². The molecule has 0 aliphatic heterocycles. The lowest BCUT2D eigenvalue weighted by molar-refractivity contribution is -0.139. The maximum Gasteiger partial charge on any atom is 0.326 e. The SMILES string of the molecule is C/C=C/CNC(=O)NC(Cc1ccccc1)C(=O)O. The van der Waals surface area contributed by atoms with E-state index in [2.05, 4.69) is 10.6 Å². The lowest BCUT2D eigenvalue weighted by atomic mass is 10.1. The first kappa shape index (κ1) is 14.8. The van der Waals surface area contributed by atoms with Gasteiger partial charge in [0.2, 0.25) is 0 Å². The summed E-state index contributed by atoms with van der Waals surface area (Å²) in [6, 6.07) is 7.76. The average Bonchev–Trinajstić information content (AvgIpc) is 2.39. The van der Waals surface area contributed by atoms with Gasteiger partial charge in [0, 0.05) is 13.0 Å². The van der Waals surface area contributed by atoms with Crippen LogP contribution in [0.15, 0.2) is 42.5 Å². The van der Waals surface area contributed by atoms with Gasteiger partial charge in [-0.3, -0.25) is 0 Å². The van der Waals surface area contributed by atoms with Crippen molar-refractivity contribution in [1.29, 1.82) is 0 Å². The minimum atomic E-state index is -1.05. The summed E-state index contributed by atoms with van der Waals surface area (Å²) in [6.07, 6.45) is 3.83. The molecule has 0 bridgehead atoms. The number of hydrogen-bond acceptors (Lipinski definition) is 2. The zero-order valence-electron chi connectivity index (χ0n) is 10.8. The van der Waals surface area contributed by atoms with Crippen molar-refractivity contribution in [3.63, 3.8) is 0 Å². The summed E-state index contributed by atoms with van der Waals surface area (Å²) in [5.41, 5.74) is 0.864. The monoisotopic (exact) mass is 262 g/mol. The van der Waals surface area contributed by atoms with Gasteiger partial charge in [-0.05, 0) is 12.5 Å². The van der Waals surface area contributed by atoms with Crippen LogP contribution in [0, 0.1) is 0 Å². The van der Waals surface area contributed by atoms with E-state index in [4.69, 9.17) is 5.11 Å². The Morgan fingerprint density at radius 1 is 1.32 bits per heavy atom. The summed E-state index contributed by atoms with van der Waals surface area (Å²) in [4.78, 5) is 22.6. The van der Waals surface area contributed by atoms with Crippen LogP contribution in [0.4, 0.5) is 4.79 Å². The Hall–Kier alpha value is -2.30. The van der Waals surface area contributed by atoms with E-state index in [1.54, 1.807) is 12.2 Å². The van der Waals surface area contributed by atoms with Crippen molar-refractivity contribution >= 4 is 12.0 Å². The van der Waals surface area contributed by atoms with Crippen molar-refractivity contribution in [3.8, 4) is 0 Å². The standard InChI is InChI=1S/C14H18N2O3/c1-2-3-9-15-14(19)16-12(13(17)18)10-11-7-5-4-6-8-11/h2-8,12H,9-10H2,1H3,(H,17,18)(H2,15,16,19)/b3-2+. The van der Waals surface area contributed by atoms with Gasteiger partial charge in [-0.1, -0.05) is 42.5 Å². The Bertz CT molecular complexity index is 443. The molecule has 0 saturated carbocycles. The summed E-state index contributed by atoms with van der Waals surface area (Å²) in [5, 5.41) is 14.1. The van der Waals surface area contributed by atoms with E-state index in [-0.39, 0.29) is 6.42 Å². The lowest BCUT2D eigenvalue weighted by Gasteiger charge is -2.14. The largest absolute Gasteiger partial charge is 0.480 e. The second-order valence-corrected chi connectivity index (χ2v) is 4.00. The number of nitrogens with one attached hydrogen (secondary N) is 2. The summed E-state index contributed by atoms with van der Waals surface area (Å²) < 4.78 is 0. The van der Waals surface area contributed by atoms with E-state index >= 15 is 0 Å². The zero-order chi connectivity index (χ0) is 14.1. The van der Waals surface area contributed by atoms with Gasteiger partial charge >= 0.3 is 12.0 Å². The van der Waals surface area contributed by atoms with Gasteiger partial charge in [-0.2, -0.15) is 0 Å². The number of hydrogen-bond donors (Lipinski definition) is 3. The summed E-state index contributed by atoms with van der Waals surface area (Å²) >= 11 is 0. The highest BCUT2D eigenvalue weighted by molar-refractivity contribution is 5.82. The molecule has 1 aromatic rings. The van der Waals surface area contributed by atoms with Crippen LogP contribution in [-0.2, 0) is 11.2 Å². The highest BCUT2D eigenvalue weighted by Gasteiger charge is 2.19. The maximum atomic E-state index is 11.5. The van der Waals surface area contributed by atoms with Crippen molar-refractivity contribution in [1.82, 2.24) is 10.6 Å². The molecule has 1 aromatic carbocycles. The predicted molar refractivity (Wildman–Crippen MR) is 72.9 cm³/mol. The van der Waals surface area contributed by atoms with Gasteiger partial charge in [0.05, 0.1) is 0 Å². The second-order valence-electron chi connectivity index (χ2n) is 4.00. The number of amides is 2. The maximum absolute atomic E-state index is 11.5. The van der Waals surface area contributed by atoms with Gasteiger partial charge < -0.3 is 15.7 Å². The van der Waals surface area contributed by atoms with E-state index < -0.39 is 18.0 Å². The van der Waals surface area contributed by atoms with Gasteiger partial charge in [-0.15, -0.1) is 0 Å². The minimum absolute atomic E-state index is 0.257. The first-order chi connectivity index (χ1) is 9.13. The molecule has 5 nitrogen and oxygen atoms in total. The smallest absolute Gasteiger partial charge is 0.326 e. The van der Waals surface area contributed by atoms with Crippen LogP contribution >= 0.6 is 0 Å². The fraction of sp³-hybridized carbons (Fsp3) is 0.286. The fourth-order valence-corrected chi connectivity index (χ4v) is 1.53. The molecule has 3 N–H and O–H groups in total. The second kappa shape index (κ2) is 7.92. The number of aliphatic carboxylic acids is 1. The Kier molecular flexibility index (Phi) is 6.15. The van der Waals surface area contributed by atoms with Crippen LogP contribution in [-0.4, -0.2) is 29.7 Å². The summed E-state index contributed by atoms with van der Waals surface area (Å²) in [7, 11) is 0. The molecule has 1 atom stereocenters. The minimum Gasteiger partial charge on any atom is -0.480 e. The lowest BCUT2D eigenvalue weighted by Crippen LogP contribution is -2.47. The molecule has 2 amide bonds. The number of carbonyl (C=O) groups excluding carboxylic acids is 1. The van der Waals surface area contributed by atoms with Gasteiger partial charge in [-0.25, -0.2) is 9.59 Å². The Labute approximate surface area is 112 Å². The van der Waals surface area contributed by atoms with Gasteiger partial charge in [0.1, 0.15) is 6.04 Å². The molecule has 19 heavy (non-hydrogen) atoms. The van der Waals surface area contributed by atoms with E-state index in [1.807, 2.05) is 37.3 Å². The summed E-state index contributed by atoms with van der Waals surface area (Å²) in [6.45, 7) is 2.22. The summed E-state index contributed by atoms with van der Waals surface area (Å²) in [5.74, 6) is -1.05. The molecule has 0 aromatic heterocycles. The third kappa shape index (κ3) is 5.72. The van der Waals surface area contributed by atoms with Crippen LogP contribution < -0.4 is 10.6 Å². The fourth-order valence-electron chi connectivity index (χ4n) is 1.53. The molecule has 0 saturated heterocycles. The number of allylic oxidation sites excluding steroid dienone is 1. The molecule has 1 rings (SSSR count). The number of carbonyl (C=O) groups is 2. The number of carboxylic acid groups (broad SMARTS) is 1. The topological polar surface area (TPSA) is 78.4 Å². The van der Waals surface area contributed by atoms with E-state index in [0.717, 1.165) is 5.56 Å². The molecular formula is C14H18N2O3. The molecule has 0 aliphatic carbocycles. The van der Waals surface area contributed by atoms with Crippen molar-refractivity contribution in [2.24, 2.45) is 0 Å².